The molecular formula is C23H20N4OS. The standard InChI is InChI=1S/C23H20N4OS/c28-23-19-15-27(14-18-6-7-21(29-18)16-4-2-1-3-5-16)13-10-20(19)25-22(26-23)17-8-11-24-12-9-17/h1-9,11-12H,10,13-15H2,(H,25,26,28). The number of nitrogens with one attached hydrogen (secondary N) is 1. The minimum atomic E-state index is -0.0392. The number of nitrogens with zero attached hydrogens (tertiary/aromatic N) is 3. The molecule has 1 N–H and O–H groups in total. The largest absolute Gasteiger partial charge is 0.306 e. The molecule has 1 aromatic carbocycles. The van der Waals surface area contributed by atoms with Crippen molar-refractivity contribution in [2.24, 2.45) is 0 Å². The number of rotatable bonds is 4. The van der Waals surface area contributed by atoms with E-state index in [-0.39, 0.29) is 5.56 Å². The third kappa shape index (κ3) is 3.77. The average molecular weight is 401 g/mol. The van der Waals surface area contributed by atoms with E-state index >= 15 is 0 Å². The van der Waals surface area contributed by atoms with E-state index in [1.807, 2.05) is 29.5 Å². The summed E-state index contributed by atoms with van der Waals surface area (Å²) in [7, 11) is 0. The SMILES string of the molecule is O=c1[nH]c(-c2ccncc2)nc2c1CN(Cc1ccc(-c3ccccc3)s1)CC2. The molecule has 6 heteroatoms. The minimum Gasteiger partial charge on any atom is -0.306 e. The highest BCUT2D eigenvalue weighted by molar-refractivity contribution is 7.15. The predicted octanol–water partition coefficient (Wildman–Crippen LogP) is 4.12. The van der Waals surface area contributed by atoms with Crippen molar-refractivity contribution in [3.8, 4) is 21.8 Å². The first-order valence-corrected chi connectivity index (χ1v) is 10.5. The molecule has 0 spiro atoms. The van der Waals surface area contributed by atoms with Crippen LogP contribution in [0.1, 0.15) is 16.1 Å². The summed E-state index contributed by atoms with van der Waals surface area (Å²) < 4.78 is 0. The second kappa shape index (κ2) is 7.73. The molecule has 0 aliphatic carbocycles. The van der Waals surface area contributed by atoms with Crippen molar-refractivity contribution in [2.75, 3.05) is 6.54 Å². The molecular weight excluding hydrogens is 380 g/mol. The lowest BCUT2D eigenvalue weighted by Gasteiger charge is -2.27. The number of pyridine rings is 1. The molecule has 5 nitrogen and oxygen atoms in total. The third-order valence-corrected chi connectivity index (χ3v) is 6.32. The van der Waals surface area contributed by atoms with Crippen LogP contribution in [0, 0.1) is 0 Å². The van der Waals surface area contributed by atoms with Gasteiger partial charge in [-0.1, -0.05) is 30.3 Å². The van der Waals surface area contributed by atoms with Gasteiger partial charge in [-0.05, 0) is 29.8 Å². The summed E-state index contributed by atoms with van der Waals surface area (Å²) in [6.07, 6.45) is 4.21. The first-order valence-electron chi connectivity index (χ1n) is 9.65. The van der Waals surface area contributed by atoms with Crippen LogP contribution in [0.3, 0.4) is 0 Å². The summed E-state index contributed by atoms with van der Waals surface area (Å²) in [6.45, 7) is 2.38. The molecule has 5 rings (SSSR count). The van der Waals surface area contributed by atoms with Crippen molar-refractivity contribution in [1.82, 2.24) is 19.9 Å². The number of H-pyrrole nitrogens is 1. The van der Waals surface area contributed by atoms with Crippen molar-refractivity contribution in [2.45, 2.75) is 19.5 Å². The van der Waals surface area contributed by atoms with Gasteiger partial charge in [-0.2, -0.15) is 0 Å². The normalized spacial score (nSPS) is 13.9. The van der Waals surface area contributed by atoms with Crippen molar-refractivity contribution in [3.63, 3.8) is 0 Å². The van der Waals surface area contributed by atoms with Crippen LogP contribution < -0.4 is 5.56 Å². The molecule has 0 saturated carbocycles. The van der Waals surface area contributed by atoms with Crippen LogP contribution in [0.4, 0.5) is 0 Å². The monoisotopic (exact) mass is 400 g/mol. The van der Waals surface area contributed by atoms with E-state index < -0.39 is 0 Å². The van der Waals surface area contributed by atoms with E-state index in [1.54, 1.807) is 12.4 Å². The van der Waals surface area contributed by atoms with Crippen LogP contribution in [0.2, 0.25) is 0 Å². The minimum absolute atomic E-state index is 0.0392. The Morgan fingerprint density at radius 1 is 1.00 bits per heavy atom. The van der Waals surface area contributed by atoms with Crippen molar-refractivity contribution >= 4 is 11.3 Å². The molecule has 0 unspecified atom stereocenters. The molecule has 0 radical (unpaired) electrons. The first kappa shape index (κ1) is 18.0. The van der Waals surface area contributed by atoms with Crippen molar-refractivity contribution in [1.29, 1.82) is 0 Å². The van der Waals surface area contributed by atoms with E-state index in [0.717, 1.165) is 36.3 Å². The lowest BCUT2D eigenvalue weighted by molar-refractivity contribution is 0.244. The molecule has 1 aliphatic heterocycles. The highest BCUT2D eigenvalue weighted by Crippen LogP contribution is 2.29. The molecule has 0 bridgehead atoms. The second-order valence-corrected chi connectivity index (χ2v) is 8.34. The van der Waals surface area contributed by atoms with Gasteiger partial charge in [0.25, 0.3) is 5.56 Å². The van der Waals surface area contributed by atoms with Gasteiger partial charge in [-0.15, -0.1) is 11.3 Å². The number of benzene rings is 1. The number of hydrogen-bond donors (Lipinski definition) is 1. The van der Waals surface area contributed by atoms with E-state index in [1.165, 1.54) is 15.3 Å². The zero-order valence-corrected chi connectivity index (χ0v) is 16.7. The number of fused-ring (bicyclic) bond motifs is 1. The topological polar surface area (TPSA) is 61.9 Å². The Bertz CT molecular complexity index is 1180. The Morgan fingerprint density at radius 3 is 2.66 bits per heavy atom. The lowest BCUT2D eigenvalue weighted by atomic mass is 10.1. The Morgan fingerprint density at radius 2 is 1.83 bits per heavy atom. The van der Waals surface area contributed by atoms with E-state index in [0.29, 0.717) is 12.4 Å². The number of aromatic amines is 1. The zero-order valence-electron chi connectivity index (χ0n) is 15.8. The van der Waals surface area contributed by atoms with Gasteiger partial charge >= 0.3 is 0 Å². The van der Waals surface area contributed by atoms with Gasteiger partial charge in [-0.3, -0.25) is 14.7 Å². The van der Waals surface area contributed by atoms with Crippen LogP contribution in [-0.4, -0.2) is 26.4 Å². The highest BCUT2D eigenvalue weighted by Gasteiger charge is 2.22. The zero-order chi connectivity index (χ0) is 19.6. The summed E-state index contributed by atoms with van der Waals surface area (Å²) in [5, 5.41) is 0. The Balaban J connectivity index is 1.34. The maximum Gasteiger partial charge on any atom is 0.255 e. The second-order valence-electron chi connectivity index (χ2n) is 7.17. The van der Waals surface area contributed by atoms with E-state index in [9.17, 15) is 4.79 Å². The molecule has 0 amide bonds. The molecule has 0 saturated heterocycles. The van der Waals surface area contributed by atoms with Crippen LogP contribution in [0.15, 0.2) is 71.8 Å². The maximum absolute atomic E-state index is 12.7. The van der Waals surface area contributed by atoms with Crippen LogP contribution in [-0.2, 0) is 19.5 Å². The first-order chi connectivity index (χ1) is 14.3. The highest BCUT2D eigenvalue weighted by atomic mass is 32.1. The predicted molar refractivity (Wildman–Crippen MR) is 116 cm³/mol. The average Bonchev–Trinajstić information content (AvgIpc) is 3.24. The van der Waals surface area contributed by atoms with Gasteiger partial charge in [0.1, 0.15) is 5.82 Å². The van der Waals surface area contributed by atoms with E-state index in [4.69, 9.17) is 4.98 Å². The number of aromatic nitrogens is 3. The fourth-order valence-electron chi connectivity index (χ4n) is 3.70. The van der Waals surface area contributed by atoms with Crippen molar-refractivity contribution in [3.05, 3.63) is 93.5 Å². The number of thiophene rings is 1. The van der Waals surface area contributed by atoms with Crippen LogP contribution in [0.25, 0.3) is 21.8 Å². The molecule has 3 aromatic heterocycles. The van der Waals surface area contributed by atoms with Crippen molar-refractivity contribution < 1.29 is 0 Å². The molecule has 29 heavy (non-hydrogen) atoms. The van der Waals surface area contributed by atoms with E-state index in [2.05, 4.69) is 51.3 Å². The third-order valence-electron chi connectivity index (χ3n) is 5.20. The van der Waals surface area contributed by atoms with Crippen LogP contribution in [0.5, 0.6) is 0 Å². The fourth-order valence-corrected chi connectivity index (χ4v) is 4.76. The summed E-state index contributed by atoms with van der Waals surface area (Å²) in [5.74, 6) is 0.621. The van der Waals surface area contributed by atoms with Gasteiger partial charge in [0, 0.05) is 53.8 Å². The van der Waals surface area contributed by atoms with Gasteiger partial charge < -0.3 is 4.98 Å². The smallest absolute Gasteiger partial charge is 0.255 e. The van der Waals surface area contributed by atoms with Crippen LogP contribution >= 0.6 is 11.3 Å². The van der Waals surface area contributed by atoms with Gasteiger partial charge in [0.15, 0.2) is 0 Å². The fraction of sp³-hybridized carbons (Fsp3) is 0.174. The van der Waals surface area contributed by atoms with Gasteiger partial charge in [-0.25, -0.2) is 4.98 Å². The summed E-state index contributed by atoms with van der Waals surface area (Å²) in [6, 6.07) is 18.5. The summed E-state index contributed by atoms with van der Waals surface area (Å²) in [4.78, 5) is 29.3. The Labute approximate surface area is 172 Å². The summed E-state index contributed by atoms with van der Waals surface area (Å²) in [5.41, 5.74) is 3.79. The van der Waals surface area contributed by atoms with Gasteiger partial charge in [0.2, 0.25) is 0 Å². The number of hydrogen-bond acceptors (Lipinski definition) is 5. The quantitative estimate of drug-likeness (QED) is 0.560. The molecule has 1 aliphatic rings. The Kier molecular flexibility index (Phi) is 4.79. The molecule has 0 fully saturated rings. The molecule has 4 heterocycles. The molecule has 4 aromatic rings. The lowest BCUT2D eigenvalue weighted by Crippen LogP contribution is -2.35. The molecule has 144 valence electrons. The molecule has 0 atom stereocenters. The Hall–Kier alpha value is -3.09. The van der Waals surface area contributed by atoms with Gasteiger partial charge in [0.05, 0.1) is 11.3 Å². The maximum atomic E-state index is 12.7. The summed E-state index contributed by atoms with van der Waals surface area (Å²) >= 11 is 1.82.